The topological polar surface area (TPSA) is 44.1 Å². The van der Waals surface area contributed by atoms with Crippen LogP contribution in [0.5, 0.6) is 0 Å². The first kappa shape index (κ1) is 11.8. The molecule has 0 aliphatic rings. The molecule has 0 radical (unpaired) electrons. The lowest BCUT2D eigenvalue weighted by Gasteiger charge is -2.13. The molecule has 84 valence electrons. The molecule has 0 spiro atoms. The molecule has 1 aromatic heterocycles. The zero-order chi connectivity index (χ0) is 11.3. The Morgan fingerprint density at radius 1 is 1.60 bits per heavy atom. The van der Waals surface area contributed by atoms with Crippen LogP contribution in [0.4, 0.5) is 0 Å². The van der Waals surface area contributed by atoms with E-state index in [1.807, 2.05) is 17.7 Å². The Morgan fingerprint density at radius 2 is 2.33 bits per heavy atom. The van der Waals surface area contributed by atoms with E-state index in [2.05, 4.69) is 11.9 Å². The smallest absolute Gasteiger partial charge is 0.316 e. The summed E-state index contributed by atoms with van der Waals surface area (Å²) in [4.78, 5) is 15.8. The monoisotopic (exact) mass is 210 g/mol. The van der Waals surface area contributed by atoms with Crippen LogP contribution in [0.1, 0.15) is 38.4 Å². The summed E-state index contributed by atoms with van der Waals surface area (Å²) in [6.45, 7) is 4.96. The maximum absolute atomic E-state index is 11.5. The first-order valence-corrected chi connectivity index (χ1v) is 5.33. The number of aryl methyl sites for hydroxylation is 1. The third-order valence-electron chi connectivity index (χ3n) is 2.42. The highest BCUT2D eigenvalue weighted by atomic mass is 16.5. The highest BCUT2D eigenvalue weighted by molar-refractivity contribution is 5.76. The molecular weight excluding hydrogens is 192 g/mol. The second kappa shape index (κ2) is 5.53. The van der Waals surface area contributed by atoms with E-state index >= 15 is 0 Å². The highest BCUT2D eigenvalue weighted by Crippen LogP contribution is 2.19. The lowest BCUT2D eigenvalue weighted by atomic mass is 10.1. The average Bonchev–Trinajstić information content (AvgIpc) is 2.68. The van der Waals surface area contributed by atoms with E-state index in [0.29, 0.717) is 6.42 Å². The van der Waals surface area contributed by atoms with Crippen LogP contribution in [-0.4, -0.2) is 22.6 Å². The molecule has 1 rings (SSSR count). The van der Waals surface area contributed by atoms with Crippen LogP contribution in [0.15, 0.2) is 12.4 Å². The largest absolute Gasteiger partial charge is 0.468 e. The van der Waals surface area contributed by atoms with E-state index in [0.717, 1.165) is 18.8 Å². The van der Waals surface area contributed by atoms with Crippen molar-refractivity contribution >= 4 is 5.97 Å². The number of carbonyl (C=O) groups excluding carboxylic acids is 1. The Balaban J connectivity index is 2.90. The minimum absolute atomic E-state index is 0.207. The van der Waals surface area contributed by atoms with Crippen molar-refractivity contribution in [3.05, 3.63) is 18.2 Å². The number of esters is 1. The zero-order valence-electron chi connectivity index (χ0n) is 9.56. The molecule has 4 nitrogen and oxygen atoms in total. The lowest BCUT2D eigenvalue weighted by molar-refractivity contribution is -0.142. The minimum atomic E-state index is -0.239. The van der Waals surface area contributed by atoms with E-state index in [-0.39, 0.29) is 11.9 Å². The van der Waals surface area contributed by atoms with Crippen molar-refractivity contribution in [3.8, 4) is 0 Å². The Hall–Kier alpha value is -1.32. The molecule has 0 amide bonds. The Labute approximate surface area is 90.3 Å². The Bertz CT molecular complexity index is 320. The predicted octanol–water partition coefficient (Wildman–Crippen LogP) is 1.96. The van der Waals surface area contributed by atoms with Gasteiger partial charge in [-0.15, -0.1) is 0 Å². The zero-order valence-corrected chi connectivity index (χ0v) is 9.56. The van der Waals surface area contributed by atoms with Crippen LogP contribution in [0.3, 0.4) is 0 Å². The van der Waals surface area contributed by atoms with Gasteiger partial charge in [-0.05, 0) is 12.8 Å². The predicted molar refractivity (Wildman–Crippen MR) is 57.6 cm³/mol. The number of ether oxygens (including phenoxy) is 1. The number of methoxy groups -OCH3 is 1. The van der Waals surface area contributed by atoms with Gasteiger partial charge in [0.1, 0.15) is 11.7 Å². The van der Waals surface area contributed by atoms with Gasteiger partial charge in [0.15, 0.2) is 0 Å². The molecule has 4 heteroatoms. The standard InChI is InChI=1S/C11H18N2O2/c1-4-7-13-8-6-12-10(13)9(5-2)11(14)15-3/h6,8-9H,4-5,7H2,1-3H3. The Morgan fingerprint density at radius 3 is 2.87 bits per heavy atom. The summed E-state index contributed by atoms with van der Waals surface area (Å²) in [5.74, 6) is 0.365. The van der Waals surface area contributed by atoms with Gasteiger partial charge in [0.2, 0.25) is 0 Å². The molecule has 0 fully saturated rings. The fourth-order valence-electron chi connectivity index (χ4n) is 1.66. The number of aromatic nitrogens is 2. The van der Waals surface area contributed by atoms with Crippen LogP contribution >= 0.6 is 0 Å². The number of rotatable bonds is 5. The number of nitrogens with zero attached hydrogens (tertiary/aromatic N) is 2. The van der Waals surface area contributed by atoms with E-state index in [4.69, 9.17) is 4.74 Å². The maximum atomic E-state index is 11.5. The number of hydrogen-bond acceptors (Lipinski definition) is 3. The molecule has 0 bridgehead atoms. The molecule has 0 aromatic carbocycles. The third kappa shape index (κ3) is 2.58. The number of hydrogen-bond donors (Lipinski definition) is 0. The molecule has 0 N–H and O–H groups in total. The summed E-state index contributed by atoms with van der Waals surface area (Å²) >= 11 is 0. The van der Waals surface area contributed by atoms with E-state index in [1.165, 1.54) is 7.11 Å². The molecule has 1 heterocycles. The van der Waals surface area contributed by atoms with Gasteiger partial charge in [0, 0.05) is 18.9 Å². The van der Waals surface area contributed by atoms with Crippen LogP contribution in [-0.2, 0) is 16.1 Å². The number of imidazole rings is 1. The van der Waals surface area contributed by atoms with Crippen molar-refractivity contribution in [1.29, 1.82) is 0 Å². The summed E-state index contributed by atoms with van der Waals surface area (Å²) in [6, 6.07) is 0. The van der Waals surface area contributed by atoms with Gasteiger partial charge in [-0.2, -0.15) is 0 Å². The van der Waals surface area contributed by atoms with Gasteiger partial charge >= 0.3 is 5.97 Å². The van der Waals surface area contributed by atoms with Gasteiger partial charge in [-0.1, -0.05) is 13.8 Å². The molecule has 0 aliphatic heterocycles. The normalized spacial score (nSPS) is 12.5. The second-order valence-electron chi connectivity index (χ2n) is 3.46. The van der Waals surface area contributed by atoms with Crippen molar-refractivity contribution in [1.82, 2.24) is 9.55 Å². The van der Waals surface area contributed by atoms with E-state index in [9.17, 15) is 4.79 Å². The average molecular weight is 210 g/mol. The van der Waals surface area contributed by atoms with Gasteiger partial charge < -0.3 is 9.30 Å². The molecule has 1 unspecified atom stereocenters. The quantitative estimate of drug-likeness (QED) is 0.698. The molecule has 0 saturated heterocycles. The van der Waals surface area contributed by atoms with E-state index in [1.54, 1.807) is 6.20 Å². The van der Waals surface area contributed by atoms with Crippen LogP contribution < -0.4 is 0 Å². The first-order chi connectivity index (χ1) is 7.24. The first-order valence-electron chi connectivity index (χ1n) is 5.33. The summed E-state index contributed by atoms with van der Waals surface area (Å²) in [7, 11) is 1.41. The van der Waals surface area contributed by atoms with E-state index < -0.39 is 0 Å². The SMILES string of the molecule is CCCn1ccnc1C(CC)C(=O)OC. The van der Waals surface area contributed by atoms with Crippen molar-refractivity contribution < 1.29 is 9.53 Å². The van der Waals surface area contributed by atoms with Gasteiger partial charge in [0.25, 0.3) is 0 Å². The molecule has 1 atom stereocenters. The molecule has 1 aromatic rings. The summed E-state index contributed by atoms with van der Waals surface area (Å²) in [5.41, 5.74) is 0. The molecule has 0 aliphatic carbocycles. The molecular formula is C11H18N2O2. The van der Waals surface area contributed by atoms with Crippen molar-refractivity contribution in [2.24, 2.45) is 0 Å². The summed E-state index contributed by atoms with van der Waals surface area (Å²) < 4.78 is 6.79. The van der Waals surface area contributed by atoms with Gasteiger partial charge in [-0.25, -0.2) is 4.98 Å². The Kier molecular flexibility index (Phi) is 4.34. The fraction of sp³-hybridized carbons (Fsp3) is 0.636. The molecule has 0 saturated carbocycles. The van der Waals surface area contributed by atoms with Gasteiger partial charge in [-0.3, -0.25) is 4.79 Å². The van der Waals surface area contributed by atoms with Crippen molar-refractivity contribution in [2.75, 3.05) is 7.11 Å². The number of carbonyl (C=O) groups is 1. The minimum Gasteiger partial charge on any atom is -0.468 e. The third-order valence-corrected chi connectivity index (χ3v) is 2.42. The second-order valence-corrected chi connectivity index (χ2v) is 3.46. The van der Waals surface area contributed by atoms with Crippen LogP contribution in [0.2, 0.25) is 0 Å². The lowest BCUT2D eigenvalue weighted by Crippen LogP contribution is -2.18. The van der Waals surface area contributed by atoms with Crippen molar-refractivity contribution in [3.63, 3.8) is 0 Å². The summed E-state index contributed by atoms with van der Waals surface area (Å²) in [6.07, 6.45) is 5.38. The van der Waals surface area contributed by atoms with Crippen LogP contribution in [0, 0.1) is 0 Å². The summed E-state index contributed by atoms with van der Waals surface area (Å²) in [5, 5.41) is 0. The highest BCUT2D eigenvalue weighted by Gasteiger charge is 2.23. The van der Waals surface area contributed by atoms with Gasteiger partial charge in [0.05, 0.1) is 7.11 Å². The fourth-order valence-corrected chi connectivity index (χ4v) is 1.66. The van der Waals surface area contributed by atoms with Crippen LogP contribution in [0.25, 0.3) is 0 Å². The van der Waals surface area contributed by atoms with Crippen molar-refractivity contribution in [2.45, 2.75) is 39.2 Å². The molecule has 15 heavy (non-hydrogen) atoms. The maximum Gasteiger partial charge on any atom is 0.316 e.